The molecule has 3 aromatic carbocycles. The lowest BCUT2D eigenvalue weighted by Crippen LogP contribution is -2.52. The molecule has 37 heavy (non-hydrogen) atoms. The minimum atomic E-state index is -4.06. The summed E-state index contributed by atoms with van der Waals surface area (Å²) in [6, 6.07) is 22.2. The summed E-state index contributed by atoms with van der Waals surface area (Å²) >= 11 is 0. The molecular formula is C29H35N3O4S. The van der Waals surface area contributed by atoms with Crippen molar-refractivity contribution in [2.75, 3.05) is 17.4 Å². The first kappa shape index (κ1) is 27.9. The van der Waals surface area contributed by atoms with Gasteiger partial charge in [0.1, 0.15) is 12.6 Å². The van der Waals surface area contributed by atoms with Crippen molar-refractivity contribution >= 4 is 27.5 Å². The first-order valence-corrected chi connectivity index (χ1v) is 13.9. The number of likely N-dealkylation sites (N-methyl/N-ethyl adjacent to an activating group) is 1. The predicted octanol–water partition coefficient (Wildman–Crippen LogP) is 4.44. The van der Waals surface area contributed by atoms with E-state index in [-0.39, 0.29) is 17.3 Å². The molecule has 196 valence electrons. The molecule has 0 heterocycles. The fourth-order valence-electron chi connectivity index (χ4n) is 4.07. The normalized spacial score (nSPS) is 12.0. The van der Waals surface area contributed by atoms with Crippen molar-refractivity contribution in [2.45, 2.75) is 51.6 Å². The molecule has 0 aliphatic carbocycles. The van der Waals surface area contributed by atoms with Gasteiger partial charge in [-0.2, -0.15) is 0 Å². The van der Waals surface area contributed by atoms with Gasteiger partial charge in [-0.25, -0.2) is 8.42 Å². The summed E-state index contributed by atoms with van der Waals surface area (Å²) in [5.41, 5.74) is 3.13. The van der Waals surface area contributed by atoms with E-state index >= 15 is 0 Å². The van der Waals surface area contributed by atoms with Crippen LogP contribution in [0.1, 0.15) is 37.0 Å². The van der Waals surface area contributed by atoms with Gasteiger partial charge < -0.3 is 10.2 Å². The zero-order valence-corrected chi connectivity index (χ0v) is 22.7. The van der Waals surface area contributed by atoms with Gasteiger partial charge in [0.25, 0.3) is 10.0 Å². The van der Waals surface area contributed by atoms with Gasteiger partial charge in [0.15, 0.2) is 0 Å². The van der Waals surface area contributed by atoms with E-state index < -0.39 is 28.5 Å². The van der Waals surface area contributed by atoms with Crippen LogP contribution in [0.2, 0.25) is 0 Å². The van der Waals surface area contributed by atoms with Crippen LogP contribution in [0.5, 0.6) is 0 Å². The number of hydrogen-bond donors (Lipinski definition) is 1. The van der Waals surface area contributed by atoms with E-state index in [1.165, 1.54) is 4.90 Å². The molecule has 1 N–H and O–H groups in total. The Balaban J connectivity index is 2.04. The molecule has 0 radical (unpaired) electrons. The summed E-state index contributed by atoms with van der Waals surface area (Å²) in [7, 11) is -4.06. The zero-order valence-electron chi connectivity index (χ0n) is 21.8. The highest BCUT2D eigenvalue weighted by Gasteiger charge is 2.33. The van der Waals surface area contributed by atoms with Crippen LogP contribution in [0.3, 0.4) is 0 Å². The molecule has 0 unspecified atom stereocenters. The van der Waals surface area contributed by atoms with Gasteiger partial charge in [-0.1, -0.05) is 72.6 Å². The Bertz CT molecular complexity index is 1290. The third-order valence-electron chi connectivity index (χ3n) is 6.14. The van der Waals surface area contributed by atoms with Gasteiger partial charge in [0.05, 0.1) is 10.6 Å². The van der Waals surface area contributed by atoms with E-state index in [0.717, 1.165) is 21.0 Å². The number of anilines is 1. The molecule has 1 atom stereocenters. The summed E-state index contributed by atoms with van der Waals surface area (Å²) in [6.45, 7) is 7.62. The van der Waals surface area contributed by atoms with Crippen LogP contribution in [0.25, 0.3) is 0 Å². The molecule has 0 aromatic heterocycles. The SMILES string of the molecule is CCNC(=O)[C@@H](CC)N(Cc1ccccc1)C(=O)CN(c1ccc(C)cc1)S(=O)(=O)c1ccc(C)cc1. The number of sulfonamides is 1. The van der Waals surface area contributed by atoms with Crippen molar-refractivity contribution in [3.05, 3.63) is 95.6 Å². The lowest BCUT2D eigenvalue weighted by atomic mass is 10.1. The summed E-state index contributed by atoms with van der Waals surface area (Å²) in [6.07, 6.45) is 0.389. The lowest BCUT2D eigenvalue weighted by Gasteiger charge is -2.33. The van der Waals surface area contributed by atoms with Crippen LogP contribution in [0.4, 0.5) is 5.69 Å². The van der Waals surface area contributed by atoms with Crippen molar-refractivity contribution in [2.24, 2.45) is 0 Å². The molecule has 2 amide bonds. The summed E-state index contributed by atoms with van der Waals surface area (Å²) in [5, 5.41) is 2.81. The summed E-state index contributed by atoms with van der Waals surface area (Å²) in [5.74, 6) is -0.726. The molecule has 0 fully saturated rings. The number of carbonyl (C=O) groups is 2. The maximum absolute atomic E-state index is 13.9. The van der Waals surface area contributed by atoms with Crippen LogP contribution < -0.4 is 9.62 Å². The van der Waals surface area contributed by atoms with Gasteiger partial charge in [0.2, 0.25) is 11.8 Å². The van der Waals surface area contributed by atoms with Gasteiger partial charge in [0, 0.05) is 13.1 Å². The van der Waals surface area contributed by atoms with Crippen LogP contribution >= 0.6 is 0 Å². The average Bonchev–Trinajstić information content (AvgIpc) is 2.88. The first-order chi connectivity index (χ1) is 17.7. The number of hydrogen-bond acceptors (Lipinski definition) is 4. The third kappa shape index (κ3) is 6.98. The van der Waals surface area contributed by atoms with E-state index in [4.69, 9.17) is 0 Å². The number of aryl methyl sites for hydroxylation is 2. The second-order valence-corrected chi connectivity index (χ2v) is 10.8. The molecule has 0 saturated heterocycles. The quantitative estimate of drug-likeness (QED) is 0.404. The smallest absolute Gasteiger partial charge is 0.264 e. The Morgan fingerprint density at radius 3 is 1.95 bits per heavy atom. The van der Waals surface area contributed by atoms with Gasteiger partial charge in [-0.15, -0.1) is 0 Å². The van der Waals surface area contributed by atoms with E-state index in [1.54, 1.807) is 36.4 Å². The Morgan fingerprint density at radius 2 is 1.41 bits per heavy atom. The number of carbonyl (C=O) groups excluding carboxylic acids is 2. The van der Waals surface area contributed by atoms with Crippen molar-refractivity contribution in [3.63, 3.8) is 0 Å². The maximum Gasteiger partial charge on any atom is 0.264 e. The second kappa shape index (κ2) is 12.5. The minimum Gasteiger partial charge on any atom is -0.355 e. The predicted molar refractivity (Wildman–Crippen MR) is 147 cm³/mol. The highest BCUT2D eigenvalue weighted by Crippen LogP contribution is 2.25. The maximum atomic E-state index is 13.9. The number of benzene rings is 3. The van der Waals surface area contributed by atoms with E-state index in [2.05, 4.69) is 5.32 Å². The van der Waals surface area contributed by atoms with E-state index in [9.17, 15) is 18.0 Å². The number of amides is 2. The topological polar surface area (TPSA) is 86.8 Å². The lowest BCUT2D eigenvalue weighted by molar-refractivity contribution is -0.140. The average molecular weight is 522 g/mol. The molecule has 7 nitrogen and oxygen atoms in total. The minimum absolute atomic E-state index is 0.0943. The fraction of sp³-hybridized carbons (Fsp3) is 0.310. The van der Waals surface area contributed by atoms with Crippen molar-refractivity contribution in [3.8, 4) is 0 Å². The van der Waals surface area contributed by atoms with Crippen molar-refractivity contribution in [1.82, 2.24) is 10.2 Å². The van der Waals surface area contributed by atoms with Gasteiger partial charge in [-0.05, 0) is 57.0 Å². The standard InChI is InChI=1S/C29H35N3O4S/c1-5-27(29(34)30-6-2)31(20-24-10-8-7-9-11-24)28(33)21-32(25-16-12-22(3)13-17-25)37(35,36)26-18-14-23(4)15-19-26/h7-19,27H,5-6,20-21H2,1-4H3,(H,30,34)/t27-/m1/s1. The molecule has 8 heteroatoms. The number of nitrogens with zero attached hydrogens (tertiary/aromatic N) is 2. The Labute approximate surface area is 220 Å². The van der Waals surface area contributed by atoms with E-state index in [1.807, 2.05) is 70.2 Å². The molecule has 0 aliphatic heterocycles. The third-order valence-corrected chi connectivity index (χ3v) is 7.93. The van der Waals surface area contributed by atoms with E-state index in [0.29, 0.717) is 18.7 Å². The monoisotopic (exact) mass is 521 g/mol. The Hall–Kier alpha value is -3.65. The summed E-state index contributed by atoms with van der Waals surface area (Å²) < 4.78 is 28.7. The summed E-state index contributed by atoms with van der Waals surface area (Å²) in [4.78, 5) is 28.4. The van der Waals surface area contributed by atoms with Crippen LogP contribution in [-0.4, -0.2) is 44.3 Å². The first-order valence-electron chi connectivity index (χ1n) is 12.4. The van der Waals surface area contributed by atoms with Crippen molar-refractivity contribution in [1.29, 1.82) is 0 Å². The molecule has 0 bridgehead atoms. The molecule has 3 rings (SSSR count). The largest absolute Gasteiger partial charge is 0.355 e. The molecule has 0 saturated carbocycles. The fourth-order valence-corrected chi connectivity index (χ4v) is 5.48. The number of rotatable bonds is 11. The molecule has 0 spiro atoms. The highest BCUT2D eigenvalue weighted by atomic mass is 32.2. The van der Waals surface area contributed by atoms with Crippen LogP contribution in [0.15, 0.2) is 83.8 Å². The number of nitrogens with one attached hydrogen (secondary N) is 1. The highest BCUT2D eigenvalue weighted by molar-refractivity contribution is 7.92. The van der Waals surface area contributed by atoms with Crippen LogP contribution in [0, 0.1) is 13.8 Å². The second-order valence-electron chi connectivity index (χ2n) is 8.99. The Morgan fingerprint density at radius 1 is 0.838 bits per heavy atom. The zero-order chi connectivity index (χ0) is 27.0. The molecule has 3 aromatic rings. The van der Waals surface area contributed by atoms with Gasteiger partial charge in [-0.3, -0.25) is 13.9 Å². The molecule has 0 aliphatic rings. The van der Waals surface area contributed by atoms with Crippen molar-refractivity contribution < 1.29 is 18.0 Å². The molecular weight excluding hydrogens is 486 g/mol. The van der Waals surface area contributed by atoms with Gasteiger partial charge >= 0.3 is 0 Å². The Kier molecular flexibility index (Phi) is 9.47. The van der Waals surface area contributed by atoms with Crippen LogP contribution in [-0.2, 0) is 26.2 Å².